The lowest BCUT2D eigenvalue weighted by Gasteiger charge is -2.54. The Balaban J connectivity index is 0.000000354. The van der Waals surface area contributed by atoms with E-state index in [0.717, 1.165) is 17.8 Å². The molecule has 1 aromatic carbocycles. The first-order valence-electron chi connectivity index (χ1n) is 15.8. The van der Waals surface area contributed by atoms with Gasteiger partial charge in [-0.15, -0.1) is 0 Å². The zero-order valence-electron chi connectivity index (χ0n) is 24.2. The fourth-order valence-electron chi connectivity index (χ4n) is 9.25. The van der Waals surface area contributed by atoms with Crippen molar-refractivity contribution in [2.45, 2.75) is 111 Å². The molecule has 1 aliphatic heterocycles. The van der Waals surface area contributed by atoms with Crippen molar-refractivity contribution in [1.29, 1.82) is 0 Å². The van der Waals surface area contributed by atoms with Gasteiger partial charge in [0.15, 0.2) is 0 Å². The third kappa shape index (κ3) is 5.17. The van der Waals surface area contributed by atoms with Crippen molar-refractivity contribution in [2.75, 3.05) is 13.1 Å². The van der Waals surface area contributed by atoms with Crippen LogP contribution in [0.1, 0.15) is 116 Å². The highest BCUT2D eigenvalue weighted by Crippen LogP contribution is 2.68. The van der Waals surface area contributed by atoms with E-state index in [4.69, 9.17) is 0 Å². The quantitative estimate of drug-likeness (QED) is 0.394. The van der Waals surface area contributed by atoms with Crippen molar-refractivity contribution in [1.82, 2.24) is 10.3 Å². The van der Waals surface area contributed by atoms with E-state index in [-0.39, 0.29) is 0 Å². The number of nitrogens with zero attached hydrogens (tertiary/aromatic N) is 1. The second kappa shape index (κ2) is 11.6. The molecule has 0 spiro atoms. The highest BCUT2D eigenvalue weighted by molar-refractivity contribution is 5.82. The van der Waals surface area contributed by atoms with Crippen LogP contribution in [0.4, 0.5) is 0 Å². The number of nitrogens with one attached hydrogen (secondary N) is 1. The average molecular weight is 501 g/mol. The predicted molar refractivity (Wildman–Crippen MR) is 159 cm³/mol. The Kier molecular flexibility index (Phi) is 8.44. The lowest BCUT2D eigenvalue weighted by atomic mass is 9.50. The Bertz CT molecular complexity index is 1060. The molecule has 2 heterocycles. The summed E-state index contributed by atoms with van der Waals surface area (Å²) >= 11 is 0. The molecule has 0 amide bonds. The topological polar surface area (TPSA) is 24.9 Å². The van der Waals surface area contributed by atoms with Crippen LogP contribution in [0.25, 0.3) is 10.8 Å². The summed E-state index contributed by atoms with van der Waals surface area (Å²) in [5, 5.41) is 5.85. The minimum absolute atomic E-state index is 0.454. The summed E-state index contributed by atoms with van der Waals surface area (Å²) in [7, 11) is 0. The highest BCUT2D eigenvalue weighted by Gasteiger charge is 2.59. The smallest absolute Gasteiger partial charge is 0.0346 e. The van der Waals surface area contributed by atoms with Gasteiger partial charge in [0.2, 0.25) is 0 Å². The van der Waals surface area contributed by atoms with Gasteiger partial charge in [-0.05, 0) is 141 Å². The molecule has 2 heteroatoms. The third-order valence-electron chi connectivity index (χ3n) is 11.2. The molecule has 1 N–H and O–H groups in total. The molecule has 0 bridgehead atoms. The first kappa shape index (κ1) is 26.9. The van der Waals surface area contributed by atoms with Crippen LogP contribution in [0.15, 0.2) is 48.3 Å². The molecule has 4 fully saturated rings. The van der Waals surface area contributed by atoms with Crippen LogP contribution >= 0.6 is 0 Å². The summed E-state index contributed by atoms with van der Waals surface area (Å²) in [6, 6.07) is 9.36. The van der Waals surface area contributed by atoms with Crippen LogP contribution in [0.3, 0.4) is 0 Å². The molecule has 1 saturated heterocycles. The molecule has 202 valence electrons. The summed E-state index contributed by atoms with van der Waals surface area (Å²) in [6.07, 6.45) is 23.8. The highest BCUT2D eigenvalue weighted by atomic mass is 14.9. The third-order valence-corrected chi connectivity index (χ3v) is 11.2. The van der Waals surface area contributed by atoms with Crippen molar-refractivity contribution in [3.8, 4) is 0 Å². The molecule has 5 aliphatic rings. The van der Waals surface area contributed by atoms with Crippen LogP contribution in [-0.4, -0.2) is 18.1 Å². The van der Waals surface area contributed by atoms with Crippen molar-refractivity contribution in [3.05, 3.63) is 53.9 Å². The van der Waals surface area contributed by atoms with E-state index in [2.05, 4.69) is 54.5 Å². The van der Waals surface area contributed by atoms with E-state index in [1.165, 1.54) is 101 Å². The zero-order chi connectivity index (χ0) is 25.9. The molecule has 5 unspecified atom stereocenters. The van der Waals surface area contributed by atoms with Gasteiger partial charge in [-0.25, -0.2) is 0 Å². The SMILES string of the molecule is C1CCNC1.CC.CC12CCC3C=C4CCCCC4CC[C@]3(C)C1CCC2c1ccc2ccncc2c1. The molecule has 2 aromatic rings. The molecule has 0 radical (unpaired) electrons. The standard InChI is InChI=1S/C29H37N.C4H9N.C2H6/c1-28-14-11-20-5-3-4-6-22(20)18-25(28)12-15-29(2)26(9-10-27(28)29)23-8-7-21-13-16-30-19-24(21)17-23;1-2-4-5-3-1;1-2/h7-8,13,16-20,25-27H,3-6,9-12,14-15H2,1-2H3;5H,1-4H2;1-2H3/t20?,25?,26?,27?,28-,29?;;/m0../s1. The molecule has 2 nitrogen and oxygen atoms in total. The van der Waals surface area contributed by atoms with Crippen LogP contribution in [0.5, 0.6) is 0 Å². The largest absolute Gasteiger partial charge is 0.317 e. The lowest BCUT2D eigenvalue weighted by molar-refractivity contribution is -0.0326. The van der Waals surface area contributed by atoms with Gasteiger partial charge in [0.25, 0.3) is 0 Å². The fourth-order valence-corrected chi connectivity index (χ4v) is 9.25. The number of fused-ring (bicyclic) bond motifs is 5. The monoisotopic (exact) mass is 500 g/mol. The van der Waals surface area contributed by atoms with Crippen LogP contribution in [-0.2, 0) is 0 Å². The molecule has 1 aromatic heterocycles. The summed E-state index contributed by atoms with van der Waals surface area (Å²) in [6.45, 7) is 11.9. The minimum Gasteiger partial charge on any atom is -0.317 e. The summed E-state index contributed by atoms with van der Waals surface area (Å²) < 4.78 is 0. The second-order valence-corrected chi connectivity index (χ2v) is 13.0. The van der Waals surface area contributed by atoms with Crippen molar-refractivity contribution in [2.24, 2.45) is 28.6 Å². The fraction of sp³-hybridized carbons (Fsp3) is 0.686. The normalized spacial score (nSPS) is 36.5. The van der Waals surface area contributed by atoms with Gasteiger partial charge >= 0.3 is 0 Å². The van der Waals surface area contributed by atoms with Crippen LogP contribution < -0.4 is 5.32 Å². The van der Waals surface area contributed by atoms with Crippen molar-refractivity contribution >= 4 is 10.8 Å². The van der Waals surface area contributed by atoms with Crippen molar-refractivity contribution < 1.29 is 0 Å². The maximum atomic E-state index is 4.38. The van der Waals surface area contributed by atoms with Gasteiger partial charge in [-0.1, -0.05) is 57.9 Å². The number of hydrogen-bond donors (Lipinski definition) is 1. The van der Waals surface area contributed by atoms with E-state index in [0.29, 0.717) is 16.7 Å². The second-order valence-electron chi connectivity index (χ2n) is 13.0. The molecule has 37 heavy (non-hydrogen) atoms. The van der Waals surface area contributed by atoms with Gasteiger partial charge in [-0.2, -0.15) is 0 Å². The van der Waals surface area contributed by atoms with Crippen molar-refractivity contribution in [3.63, 3.8) is 0 Å². The Labute approximate surface area is 227 Å². The van der Waals surface area contributed by atoms with Gasteiger partial charge in [-0.3, -0.25) is 4.98 Å². The summed E-state index contributed by atoms with van der Waals surface area (Å²) in [5.41, 5.74) is 4.39. The van der Waals surface area contributed by atoms with Crippen LogP contribution in [0.2, 0.25) is 0 Å². The van der Waals surface area contributed by atoms with Crippen LogP contribution in [0, 0.1) is 28.6 Å². The van der Waals surface area contributed by atoms with Gasteiger partial charge in [0.05, 0.1) is 0 Å². The number of allylic oxidation sites excluding steroid dienone is 2. The van der Waals surface area contributed by atoms with E-state index in [1.807, 2.05) is 31.8 Å². The molecule has 4 aliphatic carbocycles. The van der Waals surface area contributed by atoms with E-state index >= 15 is 0 Å². The number of pyridine rings is 1. The van der Waals surface area contributed by atoms with E-state index in [1.54, 1.807) is 5.56 Å². The average Bonchev–Trinajstić information content (AvgIpc) is 3.61. The zero-order valence-corrected chi connectivity index (χ0v) is 24.2. The first-order valence-corrected chi connectivity index (χ1v) is 15.8. The maximum absolute atomic E-state index is 4.38. The number of benzene rings is 1. The number of hydrogen-bond acceptors (Lipinski definition) is 2. The number of aromatic nitrogens is 1. The van der Waals surface area contributed by atoms with Gasteiger partial charge in [0, 0.05) is 17.8 Å². The molecule has 3 saturated carbocycles. The molecular weight excluding hydrogens is 448 g/mol. The summed E-state index contributed by atoms with van der Waals surface area (Å²) in [4.78, 5) is 4.38. The molecule has 6 atom stereocenters. The van der Waals surface area contributed by atoms with Gasteiger partial charge in [0.1, 0.15) is 0 Å². The Morgan fingerprint density at radius 2 is 1.62 bits per heavy atom. The Morgan fingerprint density at radius 3 is 2.41 bits per heavy atom. The minimum atomic E-state index is 0.454. The maximum Gasteiger partial charge on any atom is 0.0346 e. The van der Waals surface area contributed by atoms with E-state index < -0.39 is 0 Å². The number of rotatable bonds is 1. The lowest BCUT2D eigenvalue weighted by Crippen LogP contribution is -2.47. The summed E-state index contributed by atoms with van der Waals surface area (Å²) in [5.74, 6) is 3.32. The first-order chi connectivity index (χ1) is 18.1. The van der Waals surface area contributed by atoms with Gasteiger partial charge < -0.3 is 5.32 Å². The predicted octanol–water partition coefficient (Wildman–Crippen LogP) is 9.46. The Hall–Kier alpha value is -1.67. The molecular formula is C35H52N2. The van der Waals surface area contributed by atoms with E-state index in [9.17, 15) is 0 Å². The molecule has 7 rings (SSSR count). The Morgan fingerprint density at radius 1 is 0.811 bits per heavy atom.